The van der Waals surface area contributed by atoms with Gasteiger partial charge in [0.1, 0.15) is 0 Å². The van der Waals surface area contributed by atoms with Crippen LogP contribution in [0.2, 0.25) is 0 Å². The van der Waals surface area contributed by atoms with E-state index in [9.17, 15) is 18.0 Å². The number of halogens is 3. The van der Waals surface area contributed by atoms with Crippen molar-refractivity contribution in [1.82, 2.24) is 14.9 Å². The molecular formula is C11H14F3N3O2. The van der Waals surface area contributed by atoms with Crippen molar-refractivity contribution < 1.29 is 23.1 Å². The number of alkyl halides is 3. The van der Waals surface area contributed by atoms with E-state index in [-0.39, 0.29) is 12.6 Å². The first kappa shape index (κ1) is 13.9. The van der Waals surface area contributed by atoms with Crippen molar-refractivity contribution >= 4 is 5.97 Å². The minimum absolute atomic E-state index is 0.196. The molecule has 0 spiro atoms. The average molecular weight is 277 g/mol. The lowest BCUT2D eigenvalue weighted by Gasteiger charge is -2.28. The lowest BCUT2D eigenvalue weighted by molar-refractivity contribution is -0.206. The van der Waals surface area contributed by atoms with Crippen LogP contribution in [0.4, 0.5) is 13.2 Å². The van der Waals surface area contributed by atoms with Crippen molar-refractivity contribution in [2.45, 2.75) is 44.1 Å². The van der Waals surface area contributed by atoms with E-state index in [0.29, 0.717) is 12.6 Å². The first-order chi connectivity index (χ1) is 8.75. The lowest BCUT2D eigenvalue weighted by atomic mass is 10.0. The normalized spacial score (nSPS) is 19.2. The highest BCUT2D eigenvalue weighted by Crippen LogP contribution is 2.36. The van der Waals surface area contributed by atoms with Gasteiger partial charge in [0.25, 0.3) is 0 Å². The number of carboxylic acids is 1. The number of nitrogens with one attached hydrogen (secondary N) is 1. The first-order valence-electron chi connectivity index (χ1n) is 5.81. The Kier molecular flexibility index (Phi) is 3.29. The number of rotatable bonds is 5. The molecule has 1 aromatic heterocycles. The van der Waals surface area contributed by atoms with Gasteiger partial charge in [0.15, 0.2) is 0 Å². The van der Waals surface area contributed by atoms with Gasteiger partial charge in [-0.1, -0.05) is 0 Å². The molecule has 0 radical (unpaired) electrons. The zero-order valence-electron chi connectivity index (χ0n) is 10.2. The van der Waals surface area contributed by atoms with Gasteiger partial charge in [0, 0.05) is 18.8 Å². The van der Waals surface area contributed by atoms with Gasteiger partial charge in [0.2, 0.25) is 5.54 Å². The molecule has 1 unspecified atom stereocenters. The predicted octanol–water partition coefficient (Wildman–Crippen LogP) is 1.71. The molecule has 5 nitrogen and oxygen atoms in total. The lowest BCUT2D eigenvalue weighted by Crippen LogP contribution is -2.59. The molecule has 19 heavy (non-hydrogen) atoms. The van der Waals surface area contributed by atoms with E-state index in [0.717, 1.165) is 12.8 Å². The molecular weight excluding hydrogens is 263 g/mol. The minimum atomic E-state index is -4.87. The van der Waals surface area contributed by atoms with Crippen molar-refractivity contribution in [2.24, 2.45) is 0 Å². The topological polar surface area (TPSA) is 67.2 Å². The van der Waals surface area contributed by atoms with Crippen LogP contribution in [0.1, 0.15) is 31.5 Å². The Morgan fingerprint density at radius 3 is 2.68 bits per heavy atom. The highest BCUT2D eigenvalue weighted by molar-refractivity contribution is 5.79. The molecule has 1 heterocycles. The fourth-order valence-electron chi connectivity index (χ4n) is 1.71. The van der Waals surface area contributed by atoms with Gasteiger partial charge in [-0.15, -0.1) is 0 Å². The Morgan fingerprint density at radius 1 is 1.58 bits per heavy atom. The SMILES string of the molecule is CC(NCc1cncn1C1CC1)(C(=O)O)C(F)(F)F. The zero-order chi connectivity index (χ0) is 14.3. The number of hydrogen-bond acceptors (Lipinski definition) is 3. The van der Waals surface area contributed by atoms with Gasteiger partial charge in [-0.05, 0) is 19.8 Å². The smallest absolute Gasteiger partial charge is 0.417 e. The summed E-state index contributed by atoms with van der Waals surface area (Å²) >= 11 is 0. The zero-order valence-corrected chi connectivity index (χ0v) is 10.2. The number of carboxylic acid groups (broad SMARTS) is 1. The highest BCUT2D eigenvalue weighted by atomic mass is 19.4. The molecule has 1 atom stereocenters. The third-order valence-corrected chi connectivity index (χ3v) is 3.30. The quantitative estimate of drug-likeness (QED) is 0.860. The van der Waals surface area contributed by atoms with Crippen LogP contribution in [0.3, 0.4) is 0 Å². The van der Waals surface area contributed by atoms with Gasteiger partial charge < -0.3 is 9.67 Å². The average Bonchev–Trinajstić information content (AvgIpc) is 3.03. The van der Waals surface area contributed by atoms with Crippen molar-refractivity contribution in [3.05, 3.63) is 18.2 Å². The maximum absolute atomic E-state index is 12.8. The molecule has 8 heteroatoms. The van der Waals surface area contributed by atoms with Crippen LogP contribution in [0.15, 0.2) is 12.5 Å². The minimum Gasteiger partial charge on any atom is -0.480 e. The van der Waals surface area contributed by atoms with Crippen molar-refractivity contribution in [3.8, 4) is 0 Å². The summed E-state index contributed by atoms with van der Waals surface area (Å²) in [5.41, 5.74) is -2.41. The Bertz CT molecular complexity index is 482. The van der Waals surface area contributed by atoms with Crippen molar-refractivity contribution in [1.29, 1.82) is 0 Å². The van der Waals surface area contributed by atoms with E-state index >= 15 is 0 Å². The fourth-order valence-corrected chi connectivity index (χ4v) is 1.71. The van der Waals surface area contributed by atoms with Gasteiger partial charge >= 0.3 is 12.1 Å². The van der Waals surface area contributed by atoms with Gasteiger partial charge in [-0.25, -0.2) is 9.78 Å². The number of aliphatic carboxylic acids is 1. The second-order valence-corrected chi connectivity index (χ2v) is 4.80. The molecule has 0 amide bonds. The van der Waals surface area contributed by atoms with Crippen LogP contribution in [-0.4, -0.2) is 32.3 Å². The maximum atomic E-state index is 12.8. The summed E-state index contributed by atoms with van der Waals surface area (Å²) in [4.78, 5) is 14.7. The van der Waals surface area contributed by atoms with Crippen LogP contribution in [0.25, 0.3) is 0 Å². The summed E-state index contributed by atoms with van der Waals surface area (Å²) in [7, 11) is 0. The van der Waals surface area contributed by atoms with E-state index < -0.39 is 17.7 Å². The Morgan fingerprint density at radius 2 is 2.21 bits per heavy atom. The molecule has 1 saturated carbocycles. The molecule has 2 rings (SSSR count). The second kappa shape index (κ2) is 4.52. The molecule has 0 bridgehead atoms. The molecule has 0 aliphatic heterocycles. The summed E-state index contributed by atoms with van der Waals surface area (Å²) in [5.74, 6) is -1.95. The van der Waals surface area contributed by atoms with Crippen LogP contribution in [0.5, 0.6) is 0 Å². The Hall–Kier alpha value is -1.57. The third kappa shape index (κ3) is 2.58. The maximum Gasteiger partial charge on any atom is 0.417 e. The fraction of sp³-hybridized carbons (Fsp3) is 0.636. The largest absolute Gasteiger partial charge is 0.480 e. The number of nitrogens with zero attached hydrogens (tertiary/aromatic N) is 2. The standard InChI is InChI=1S/C11H14F3N3O2/c1-10(9(18)19,11(12,13)14)16-5-8-4-15-6-17(8)7-2-3-7/h4,6-7,16H,2-3,5H2,1H3,(H,18,19). The molecule has 0 saturated heterocycles. The molecule has 1 aromatic rings. The Balaban J connectivity index is 2.11. The number of imidazole rings is 1. The summed E-state index contributed by atoms with van der Waals surface area (Å²) in [6.45, 7) is 0.423. The second-order valence-electron chi connectivity index (χ2n) is 4.80. The van der Waals surface area contributed by atoms with E-state index in [1.807, 2.05) is 0 Å². The molecule has 1 aliphatic rings. The number of carbonyl (C=O) groups is 1. The predicted molar refractivity (Wildman–Crippen MR) is 59.4 cm³/mol. The van der Waals surface area contributed by atoms with Crippen LogP contribution in [-0.2, 0) is 11.3 Å². The van der Waals surface area contributed by atoms with Crippen LogP contribution < -0.4 is 5.32 Å². The van der Waals surface area contributed by atoms with Crippen molar-refractivity contribution in [3.63, 3.8) is 0 Å². The third-order valence-electron chi connectivity index (χ3n) is 3.30. The number of aromatic nitrogens is 2. The summed E-state index contributed by atoms with van der Waals surface area (Å²) in [5, 5.41) is 10.9. The van der Waals surface area contributed by atoms with Gasteiger partial charge in [0.05, 0.1) is 12.0 Å². The van der Waals surface area contributed by atoms with Crippen LogP contribution in [0, 0.1) is 0 Å². The monoisotopic (exact) mass is 277 g/mol. The van der Waals surface area contributed by atoms with Crippen LogP contribution >= 0.6 is 0 Å². The molecule has 106 valence electrons. The summed E-state index contributed by atoms with van der Waals surface area (Å²) in [6, 6.07) is 0.279. The van der Waals surface area contributed by atoms with Gasteiger partial charge in [-0.3, -0.25) is 5.32 Å². The molecule has 1 fully saturated rings. The molecule has 0 aromatic carbocycles. The van der Waals surface area contributed by atoms with Crippen molar-refractivity contribution in [2.75, 3.05) is 0 Å². The Labute approximate surface area is 107 Å². The highest BCUT2D eigenvalue weighted by Gasteiger charge is 2.57. The molecule has 1 aliphatic carbocycles. The van der Waals surface area contributed by atoms with E-state index in [1.165, 1.54) is 6.20 Å². The number of hydrogen-bond donors (Lipinski definition) is 2. The molecule has 2 N–H and O–H groups in total. The van der Waals surface area contributed by atoms with E-state index in [1.54, 1.807) is 10.9 Å². The summed E-state index contributed by atoms with van der Waals surface area (Å²) in [6.07, 6.45) is 0.0747. The van der Waals surface area contributed by atoms with E-state index in [2.05, 4.69) is 10.3 Å². The summed E-state index contributed by atoms with van der Waals surface area (Å²) < 4.78 is 40.2. The van der Waals surface area contributed by atoms with Gasteiger partial charge in [-0.2, -0.15) is 13.2 Å². The first-order valence-corrected chi connectivity index (χ1v) is 5.81. The van der Waals surface area contributed by atoms with E-state index in [4.69, 9.17) is 5.11 Å².